The highest BCUT2D eigenvalue weighted by Gasteiger charge is 2.41. The van der Waals surface area contributed by atoms with Crippen LogP contribution in [0.3, 0.4) is 0 Å². The molecule has 0 N–H and O–H groups in total. The molecule has 0 aliphatic heterocycles. The highest BCUT2D eigenvalue weighted by molar-refractivity contribution is 5.34. The molecule has 1 aromatic rings. The van der Waals surface area contributed by atoms with Crippen LogP contribution in [0.1, 0.15) is 30.9 Å². The molecule has 1 saturated carbocycles. The minimum absolute atomic E-state index is 0.0157. The third-order valence-corrected chi connectivity index (χ3v) is 3.09. The zero-order chi connectivity index (χ0) is 12.0. The van der Waals surface area contributed by atoms with Gasteiger partial charge >= 0.3 is 6.18 Å². The molecule has 0 saturated heterocycles. The average Bonchev–Trinajstić information content (AvgIpc) is 2.81. The number of hydrogen-bond acceptors (Lipinski definition) is 0. The first-order valence-electron chi connectivity index (χ1n) is 5.16. The molecule has 4 heteroatoms. The molecule has 0 spiro atoms. The summed E-state index contributed by atoms with van der Waals surface area (Å²) in [4.78, 5) is 0. The fourth-order valence-electron chi connectivity index (χ4n) is 1.85. The van der Waals surface area contributed by atoms with Crippen molar-refractivity contribution in [2.45, 2.75) is 37.8 Å². The van der Waals surface area contributed by atoms with Gasteiger partial charge in [-0.25, -0.2) is 4.39 Å². The van der Waals surface area contributed by atoms with E-state index in [1.54, 1.807) is 0 Å². The van der Waals surface area contributed by atoms with Gasteiger partial charge < -0.3 is 0 Å². The molecule has 16 heavy (non-hydrogen) atoms. The summed E-state index contributed by atoms with van der Waals surface area (Å²) in [5.41, 5.74) is 0.373. The summed E-state index contributed by atoms with van der Waals surface area (Å²) >= 11 is 0. The lowest BCUT2D eigenvalue weighted by molar-refractivity contribution is -0.127. The second-order valence-corrected chi connectivity index (χ2v) is 4.67. The number of halogens is 4. The van der Waals surface area contributed by atoms with Crippen LogP contribution in [0.5, 0.6) is 0 Å². The molecule has 0 bridgehead atoms. The highest BCUT2D eigenvalue weighted by Crippen LogP contribution is 2.48. The van der Waals surface area contributed by atoms with Crippen LogP contribution in [0.15, 0.2) is 18.2 Å². The zero-order valence-corrected chi connectivity index (χ0v) is 8.87. The van der Waals surface area contributed by atoms with Gasteiger partial charge in [-0.05, 0) is 35.4 Å². The quantitative estimate of drug-likeness (QED) is 0.676. The van der Waals surface area contributed by atoms with Crippen molar-refractivity contribution in [2.24, 2.45) is 0 Å². The first-order chi connectivity index (χ1) is 7.30. The summed E-state index contributed by atoms with van der Waals surface area (Å²) in [6, 6.07) is 3.87. The molecule has 0 aromatic heterocycles. The van der Waals surface area contributed by atoms with E-state index in [-0.39, 0.29) is 11.0 Å². The SMILES string of the molecule is CC1(c2ccc(CC(F)(F)F)cc2F)CC1. The van der Waals surface area contributed by atoms with Gasteiger partial charge in [0.1, 0.15) is 5.82 Å². The van der Waals surface area contributed by atoms with E-state index in [1.807, 2.05) is 6.92 Å². The predicted octanol–water partition coefficient (Wildman–Crippen LogP) is 3.98. The smallest absolute Gasteiger partial charge is 0.207 e. The molecule has 0 heterocycles. The fraction of sp³-hybridized carbons (Fsp3) is 0.500. The standard InChI is InChI=1S/C12H12F4/c1-11(4-5-11)9-3-2-8(6-10(9)13)7-12(14,15)16/h2-3,6H,4-5,7H2,1H3. The van der Waals surface area contributed by atoms with Gasteiger partial charge in [0.2, 0.25) is 0 Å². The van der Waals surface area contributed by atoms with Gasteiger partial charge in [0, 0.05) is 0 Å². The maximum atomic E-state index is 13.6. The van der Waals surface area contributed by atoms with Gasteiger partial charge in [0.25, 0.3) is 0 Å². The van der Waals surface area contributed by atoms with E-state index in [9.17, 15) is 17.6 Å². The van der Waals surface area contributed by atoms with E-state index in [1.165, 1.54) is 12.1 Å². The molecule has 0 atom stereocenters. The normalized spacial score (nSPS) is 18.6. The second-order valence-electron chi connectivity index (χ2n) is 4.67. The maximum Gasteiger partial charge on any atom is 0.393 e. The van der Waals surface area contributed by atoms with Gasteiger partial charge in [-0.3, -0.25) is 0 Å². The van der Waals surface area contributed by atoms with Crippen molar-refractivity contribution in [3.05, 3.63) is 35.1 Å². The van der Waals surface area contributed by atoms with E-state index >= 15 is 0 Å². The van der Waals surface area contributed by atoms with Gasteiger partial charge in [-0.15, -0.1) is 0 Å². The minimum Gasteiger partial charge on any atom is -0.207 e. The lowest BCUT2D eigenvalue weighted by Crippen LogP contribution is -2.12. The summed E-state index contributed by atoms with van der Waals surface area (Å²) < 4.78 is 49.9. The molecular weight excluding hydrogens is 220 g/mol. The first kappa shape index (κ1) is 11.4. The Hall–Kier alpha value is -1.06. The Morgan fingerprint density at radius 3 is 2.31 bits per heavy atom. The summed E-state index contributed by atoms with van der Waals surface area (Å²) in [6.45, 7) is 1.93. The Balaban J connectivity index is 2.23. The molecule has 2 rings (SSSR count). The largest absolute Gasteiger partial charge is 0.393 e. The predicted molar refractivity (Wildman–Crippen MR) is 52.7 cm³/mol. The number of alkyl halides is 3. The molecule has 88 valence electrons. The van der Waals surface area contributed by atoms with Crippen molar-refractivity contribution in [3.8, 4) is 0 Å². The number of hydrogen-bond donors (Lipinski definition) is 0. The van der Waals surface area contributed by atoms with E-state index in [2.05, 4.69) is 0 Å². The molecular formula is C12H12F4. The van der Waals surface area contributed by atoms with Crippen LogP contribution in [0, 0.1) is 5.82 Å². The molecule has 1 fully saturated rings. The van der Waals surface area contributed by atoms with Crippen LogP contribution in [-0.4, -0.2) is 6.18 Å². The fourth-order valence-corrected chi connectivity index (χ4v) is 1.85. The Morgan fingerprint density at radius 1 is 1.25 bits per heavy atom. The lowest BCUT2D eigenvalue weighted by Gasteiger charge is -2.12. The van der Waals surface area contributed by atoms with Crippen LogP contribution in [0.25, 0.3) is 0 Å². The zero-order valence-electron chi connectivity index (χ0n) is 8.87. The maximum absolute atomic E-state index is 13.6. The summed E-state index contributed by atoms with van der Waals surface area (Å²) in [5, 5.41) is 0. The molecule has 0 radical (unpaired) electrons. The monoisotopic (exact) mass is 232 g/mol. The molecule has 1 aliphatic rings. The minimum atomic E-state index is -4.28. The van der Waals surface area contributed by atoms with E-state index in [4.69, 9.17) is 0 Å². The Kier molecular flexibility index (Phi) is 2.48. The summed E-state index contributed by atoms with van der Waals surface area (Å²) in [6.07, 6.45) is -3.54. The van der Waals surface area contributed by atoms with Crippen molar-refractivity contribution in [3.63, 3.8) is 0 Å². The number of rotatable bonds is 2. The van der Waals surface area contributed by atoms with Crippen molar-refractivity contribution in [1.29, 1.82) is 0 Å². The molecule has 0 amide bonds. The third-order valence-electron chi connectivity index (χ3n) is 3.09. The van der Waals surface area contributed by atoms with Crippen LogP contribution in [-0.2, 0) is 11.8 Å². The van der Waals surface area contributed by atoms with Gasteiger partial charge in [0.15, 0.2) is 0 Å². The summed E-state index contributed by atoms with van der Waals surface area (Å²) in [7, 11) is 0. The average molecular weight is 232 g/mol. The topological polar surface area (TPSA) is 0 Å². The molecule has 1 aromatic carbocycles. The van der Waals surface area contributed by atoms with Crippen molar-refractivity contribution in [2.75, 3.05) is 0 Å². The summed E-state index contributed by atoms with van der Waals surface area (Å²) in [5.74, 6) is -0.512. The van der Waals surface area contributed by atoms with Crippen LogP contribution in [0.2, 0.25) is 0 Å². The first-order valence-corrected chi connectivity index (χ1v) is 5.16. The highest BCUT2D eigenvalue weighted by atomic mass is 19.4. The van der Waals surface area contributed by atoms with Gasteiger partial charge in [0.05, 0.1) is 6.42 Å². The van der Waals surface area contributed by atoms with Crippen LogP contribution in [0.4, 0.5) is 17.6 Å². The van der Waals surface area contributed by atoms with Gasteiger partial charge in [-0.1, -0.05) is 19.1 Å². The van der Waals surface area contributed by atoms with E-state index in [0.29, 0.717) is 5.56 Å². The van der Waals surface area contributed by atoms with E-state index < -0.39 is 18.4 Å². The lowest BCUT2D eigenvalue weighted by atomic mass is 9.96. The van der Waals surface area contributed by atoms with Crippen LogP contribution < -0.4 is 0 Å². The van der Waals surface area contributed by atoms with E-state index in [0.717, 1.165) is 18.9 Å². The van der Waals surface area contributed by atoms with Crippen LogP contribution >= 0.6 is 0 Å². The van der Waals surface area contributed by atoms with Crippen molar-refractivity contribution >= 4 is 0 Å². The number of benzene rings is 1. The molecule has 1 aliphatic carbocycles. The second kappa shape index (κ2) is 3.47. The Morgan fingerprint density at radius 2 is 1.88 bits per heavy atom. The third kappa shape index (κ3) is 2.36. The Bertz CT molecular complexity index is 402. The molecule has 0 unspecified atom stereocenters. The Labute approximate surface area is 91.3 Å². The van der Waals surface area contributed by atoms with Gasteiger partial charge in [-0.2, -0.15) is 13.2 Å². The van der Waals surface area contributed by atoms with Crippen molar-refractivity contribution in [1.82, 2.24) is 0 Å². The molecule has 0 nitrogen and oxygen atoms in total. The van der Waals surface area contributed by atoms with Crippen molar-refractivity contribution < 1.29 is 17.6 Å².